The minimum atomic E-state index is 0. The van der Waals surface area contributed by atoms with E-state index < -0.39 is 0 Å². The molecule has 3 atom stereocenters. The summed E-state index contributed by atoms with van der Waals surface area (Å²) in [5.41, 5.74) is 2.39. The number of para-hydroxylation sites is 1. The predicted molar refractivity (Wildman–Crippen MR) is 129 cm³/mol. The summed E-state index contributed by atoms with van der Waals surface area (Å²) >= 11 is 0. The van der Waals surface area contributed by atoms with E-state index in [1.54, 1.807) is 7.05 Å². The predicted octanol–water partition coefficient (Wildman–Crippen LogP) is 4.32. The van der Waals surface area contributed by atoms with Crippen molar-refractivity contribution < 1.29 is 9.47 Å². The van der Waals surface area contributed by atoms with Crippen molar-refractivity contribution in [2.24, 2.45) is 10.9 Å². The highest BCUT2D eigenvalue weighted by atomic mass is 127. The molecule has 1 fully saturated rings. The fourth-order valence-electron chi connectivity index (χ4n) is 3.49. The highest BCUT2D eigenvalue weighted by Gasteiger charge is 2.29. The van der Waals surface area contributed by atoms with Crippen molar-refractivity contribution in [2.45, 2.75) is 32.5 Å². The van der Waals surface area contributed by atoms with E-state index in [1.165, 1.54) is 5.56 Å². The van der Waals surface area contributed by atoms with Gasteiger partial charge >= 0.3 is 0 Å². The van der Waals surface area contributed by atoms with E-state index in [2.05, 4.69) is 59.8 Å². The first-order valence-electron chi connectivity index (χ1n) is 10.0. The molecule has 6 heteroatoms. The molecule has 2 aromatic rings. The molecule has 2 N–H and O–H groups in total. The van der Waals surface area contributed by atoms with Gasteiger partial charge in [-0.2, -0.15) is 0 Å². The number of ether oxygens (including phenoxy) is 2. The second-order valence-corrected chi connectivity index (χ2v) is 7.28. The lowest BCUT2D eigenvalue weighted by Crippen LogP contribution is -2.43. The molecule has 1 saturated heterocycles. The van der Waals surface area contributed by atoms with Crippen LogP contribution in [0.3, 0.4) is 0 Å². The summed E-state index contributed by atoms with van der Waals surface area (Å²) in [6, 6.07) is 18.5. The third-order valence-corrected chi connectivity index (χ3v) is 5.08. The lowest BCUT2D eigenvalue weighted by Gasteiger charge is -2.22. The molecule has 29 heavy (non-hydrogen) atoms. The summed E-state index contributed by atoms with van der Waals surface area (Å²) in [4.78, 5) is 4.34. The fourth-order valence-corrected chi connectivity index (χ4v) is 3.49. The number of aliphatic imine (C=N–C) groups is 1. The first-order valence-corrected chi connectivity index (χ1v) is 10.0. The van der Waals surface area contributed by atoms with Gasteiger partial charge in [-0.1, -0.05) is 48.5 Å². The summed E-state index contributed by atoms with van der Waals surface area (Å²) in [5, 5.41) is 6.81. The first-order chi connectivity index (χ1) is 13.7. The summed E-state index contributed by atoms with van der Waals surface area (Å²) in [5.74, 6) is 2.15. The lowest BCUT2D eigenvalue weighted by molar-refractivity contribution is 0.0915. The van der Waals surface area contributed by atoms with Gasteiger partial charge in [0.15, 0.2) is 5.96 Å². The molecule has 0 spiro atoms. The monoisotopic (exact) mass is 509 g/mol. The third-order valence-electron chi connectivity index (χ3n) is 5.08. The molecule has 1 aliphatic heterocycles. The van der Waals surface area contributed by atoms with Crippen molar-refractivity contribution in [2.75, 3.05) is 26.7 Å². The van der Waals surface area contributed by atoms with Crippen LogP contribution in [0.4, 0.5) is 0 Å². The summed E-state index contributed by atoms with van der Waals surface area (Å²) < 4.78 is 12.0. The van der Waals surface area contributed by atoms with Gasteiger partial charge in [-0.25, -0.2) is 0 Å². The molecule has 0 amide bonds. The van der Waals surface area contributed by atoms with E-state index in [4.69, 9.17) is 9.47 Å². The molecule has 1 heterocycles. The minimum absolute atomic E-state index is 0. The van der Waals surface area contributed by atoms with Gasteiger partial charge < -0.3 is 20.1 Å². The van der Waals surface area contributed by atoms with Crippen molar-refractivity contribution in [1.29, 1.82) is 0 Å². The fraction of sp³-hybridized carbons (Fsp3) is 0.435. The first kappa shape index (κ1) is 23.5. The van der Waals surface area contributed by atoms with Crippen LogP contribution in [0.25, 0.3) is 0 Å². The Morgan fingerprint density at radius 2 is 1.86 bits per heavy atom. The molecule has 1 aliphatic rings. The molecule has 0 saturated carbocycles. The van der Waals surface area contributed by atoms with Crippen LogP contribution in [0, 0.1) is 12.8 Å². The molecular weight excluding hydrogens is 477 g/mol. The Balaban J connectivity index is 0.00000300. The van der Waals surface area contributed by atoms with E-state index in [0.29, 0.717) is 12.5 Å². The van der Waals surface area contributed by atoms with E-state index in [0.717, 1.165) is 36.8 Å². The molecule has 0 aromatic heterocycles. The van der Waals surface area contributed by atoms with Gasteiger partial charge in [0.05, 0.1) is 12.6 Å². The Hall–Kier alpha value is -1.80. The van der Waals surface area contributed by atoms with Crippen LogP contribution in [0.1, 0.15) is 30.6 Å². The maximum absolute atomic E-state index is 6.03. The maximum atomic E-state index is 6.03. The standard InChI is InChI=1S/C23H31N3O2.HI/c1-17-9-7-8-12-21(17)28-18(2)15-25-23(24-3)26-16-20-13-14-27-22(20)19-10-5-4-6-11-19;/h4-12,18,20,22H,13-16H2,1-3H3,(H2,24,25,26);1H. The normalized spacial score (nSPS) is 19.9. The molecule has 158 valence electrons. The van der Waals surface area contributed by atoms with Gasteiger partial charge in [-0.15, -0.1) is 24.0 Å². The van der Waals surface area contributed by atoms with Crippen LogP contribution in [0.15, 0.2) is 59.6 Å². The number of nitrogens with zero attached hydrogens (tertiary/aromatic N) is 1. The van der Waals surface area contributed by atoms with Gasteiger partial charge in [0.25, 0.3) is 0 Å². The molecule has 2 aromatic carbocycles. The van der Waals surface area contributed by atoms with Gasteiger partial charge in [-0.3, -0.25) is 4.99 Å². The van der Waals surface area contributed by atoms with Gasteiger partial charge in [0.1, 0.15) is 11.9 Å². The smallest absolute Gasteiger partial charge is 0.191 e. The van der Waals surface area contributed by atoms with Crippen LogP contribution >= 0.6 is 24.0 Å². The summed E-state index contributed by atoms with van der Waals surface area (Å²) in [6.07, 6.45) is 1.23. The molecule has 3 unspecified atom stereocenters. The zero-order valence-corrected chi connectivity index (χ0v) is 19.8. The summed E-state index contributed by atoms with van der Waals surface area (Å²) in [7, 11) is 1.79. The van der Waals surface area contributed by atoms with Gasteiger partial charge in [0, 0.05) is 26.1 Å². The average molecular weight is 509 g/mol. The largest absolute Gasteiger partial charge is 0.489 e. The number of nitrogens with one attached hydrogen (secondary N) is 2. The van der Waals surface area contributed by atoms with Crippen molar-refractivity contribution in [3.63, 3.8) is 0 Å². The number of guanidine groups is 1. The number of benzene rings is 2. The Morgan fingerprint density at radius 1 is 1.14 bits per heavy atom. The second kappa shape index (κ2) is 12.0. The summed E-state index contributed by atoms with van der Waals surface area (Å²) in [6.45, 7) is 6.43. The van der Waals surface area contributed by atoms with Crippen molar-refractivity contribution in [3.8, 4) is 5.75 Å². The Kier molecular flexibility index (Phi) is 9.73. The molecule has 0 radical (unpaired) electrons. The molecule has 0 bridgehead atoms. The Labute approximate surface area is 191 Å². The zero-order chi connectivity index (χ0) is 19.8. The van der Waals surface area contributed by atoms with E-state index in [9.17, 15) is 0 Å². The van der Waals surface area contributed by atoms with Crippen molar-refractivity contribution in [3.05, 3.63) is 65.7 Å². The number of hydrogen-bond donors (Lipinski definition) is 2. The minimum Gasteiger partial charge on any atom is -0.489 e. The zero-order valence-electron chi connectivity index (χ0n) is 17.4. The number of halogens is 1. The van der Waals surface area contributed by atoms with E-state index >= 15 is 0 Å². The number of hydrogen-bond acceptors (Lipinski definition) is 3. The lowest BCUT2D eigenvalue weighted by atomic mass is 9.95. The number of rotatable bonds is 7. The van der Waals surface area contributed by atoms with Gasteiger partial charge in [0.2, 0.25) is 0 Å². The SMILES string of the molecule is CN=C(NCC(C)Oc1ccccc1C)NCC1CCOC1c1ccccc1.I. The van der Waals surface area contributed by atoms with Crippen LogP contribution in [0.5, 0.6) is 5.75 Å². The molecule has 3 rings (SSSR count). The van der Waals surface area contributed by atoms with Crippen LogP contribution < -0.4 is 15.4 Å². The topological polar surface area (TPSA) is 54.9 Å². The van der Waals surface area contributed by atoms with E-state index in [-0.39, 0.29) is 36.2 Å². The number of aryl methyl sites for hydroxylation is 1. The van der Waals surface area contributed by atoms with Crippen LogP contribution in [0.2, 0.25) is 0 Å². The van der Waals surface area contributed by atoms with Gasteiger partial charge in [-0.05, 0) is 37.5 Å². The van der Waals surface area contributed by atoms with Crippen molar-refractivity contribution in [1.82, 2.24) is 10.6 Å². The van der Waals surface area contributed by atoms with Crippen LogP contribution in [-0.2, 0) is 4.74 Å². The highest BCUT2D eigenvalue weighted by Crippen LogP contribution is 2.33. The van der Waals surface area contributed by atoms with Crippen LogP contribution in [-0.4, -0.2) is 38.8 Å². The third kappa shape index (κ3) is 6.89. The Bertz CT molecular complexity index is 770. The Morgan fingerprint density at radius 3 is 2.59 bits per heavy atom. The maximum Gasteiger partial charge on any atom is 0.191 e. The second-order valence-electron chi connectivity index (χ2n) is 7.28. The van der Waals surface area contributed by atoms with Crippen molar-refractivity contribution >= 4 is 29.9 Å². The molecule has 0 aliphatic carbocycles. The highest BCUT2D eigenvalue weighted by molar-refractivity contribution is 14.0. The molecular formula is C23H32IN3O2. The molecule has 5 nitrogen and oxygen atoms in total. The average Bonchev–Trinajstić information content (AvgIpc) is 3.19. The van der Waals surface area contributed by atoms with E-state index in [1.807, 2.05) is 24.3 Å². The quantitative estimate of drug-likeness (QED) is 0.332.